The first-order valence-corrected chi connectivity index (χ1v) is 12.8. The van der Waals surface area contributed by atoms with Crippen LogP contribution in [-0.2, 0) is 17.8 Å². The van der Waals surface area contributed by atoms with Crippen LogP contribution in [0.25, 0.3) is 17.0 Å². The first-order chi connectivity index (χ1) is 17.9. The number of nitrogens with one attached hydrogen (secondary N) is 1. The van der Waals surface area contributed by atoms with Crippen molar-refractivity contribution in [1.29, 1.82) is 0 Å². The molecule has 188 valence electrons. The minimum Gasteiger partial charge on any atom is -0.494 e. The number of carbonyl (C=O) groups excluding carboxylic acids is 1. The van der Waals surface area contributed by atoms with E-state index in [0.717, 1.165) is 34.2 Å². The van der Waals surface area contributed by atoms with Crippen molar-refractivity contribution in [2.75, 3.05) is 11.5 Å². The number of carbonyl (C=O) groups is 1. The summed E-state index contributed by atoms with van der Waals surface area (Å²) in [5.41, 5.74) is 4.36. The Morgan fingerprint density at radius 3 is 2.54 bits per heavy atom. The summed E-state index contributed by atoms with van der Waals surface area (Å²) in [5, 5.41) is 4.69. The molecule has 5 nitrogen and oxygen atoms in total. The highest BCUT2D eigenvalue weighted by Gasteiger charge is 2.32. The quantitative estimate of drug-likeness (QED) is 0.212. The minimum absolute atomic E-state index is 0.251. The maximum Gasteiger partial charge on any atom is 0.281 e. The van der Waals surface area contributed by atoms with Crippen molar-refractivity contribution < 1.29 is 13.9 Å². The zero-order chi connectivity index (χ0) is 26.1. The van der Waals surface area contributed by atoms with E-state index in [4.69, 9.17) is 28.6 Å². The highest BCUT2D eigenvalue weighted by Crippen LogP contribution is 2.31. The molecule has 1 aliphatic rings. The number of halogens is 2. The molecular weight excluding hydrogens is 509 g/mol. The van der Waals surface area contributed by atoms with Crippen LogP contribution >= 0.6 is 23.8 Å². The van der Waals surface area contributed by atoms with E-state index in [-0.39, 0.29) is 18.3 Å². The van der Waals surface area contributed by atoms with E-state index in [2.05, 4.69) is 18.3 Å². The SMILES string of the molecule is CCOc1ccc(N2C(=O)/C(=C/c3cn(Cc4c(F)cccc4Cl)c4c(CC)cccc34)NC2=S)cc1. The van der Waals surface area contributed by atoms with E-state index in [0.29, 0.717) is 33.7 Å². The number of fused-ring (bicyclic) bond motifs is 1. The lowest BCUT2D eigenvalue weighted by Crippen LogP contribution is -2.30. The topological polar surface area (TPSA) is 46.5 Å². The second-order valence-electron chi connectivity index (χ2n) is 8.64. The Kier molecular flexibility index (Phi) is 7.00. The van der Waals surface area contributed by atoms with Gasteiger partial charge in [-0.3, -0.25) is 9.69 Å². The molecule has 0 radical (unpaired) electrons. The largest absolute Gasteiger partial charge is 0.494 e. The summed E-state index contributed by atoms with van der Waals surface area (Å²) in [5.74, 6) is 0.119. The second-order valence-corrected chi connectivity index (χ2v) is 9.43. The molecule has 1 amide bonds. The minimum atomic E-state index is -0.354. The maximum atomic E-state index is 14.6. The van der Waals surface area contributed by atoms with Gasteiger partial charge in [0.1, 0.15) is 17.3 Å². The number of thiocarbonyl (C=S) groups is 1. The zero-order valence-corrected chi connectivity index (χ0v) is 22.0. The fraction of sp³-hybridized carbons (Fsp3) is 0.172. The van der Waals surface area contributed by atoms with Crippen molar-refractivity contribution in [2.45, 2.75) is 26.8 Å². The number of aromatic nitrogens is 1. The Morgan fingerprint density at radius 1 is 1.08 bits per heavy atom. The number of hydrogen-bond acceptors (Lipinski definition) is 3. The van der Waals surface area contributed by atoms with Crippen molar-refractivity contribution in [2.24, 2.45) is 0 Å². The van der Waals surface area contributed by atoms with Gasteiger partial charge in [-0.2, -0.15) is 0 Å². The van der Waals surface area contributed by atoms with Crippen LogP contribution in [0.2, 0.25) is 5.02 Å². The highest BCUT2D eigenvalue weighted by molar-refractivity contribution is 7.80. The molecule has 0 aliphatic carbocycles. The number of anilines is 1. The predicted molar refractivity (Wildman–Crippen MR) is 151 cm³/mol. The Labute approximate surface area is 225 Å². The normalized spacial score (nSPS) is 14.6. The lowest BCUT2D eigenvalue weighted by molar-refractivity contribution is -0.113. The summed E-state index contributed by atoms with van der Waals surface area (Å²) < 4.78 is 22.1. The van der Waals surface area contributed by atoms with E-state index in [1.54, 1.807) is 30.3 Å². The van der Waals surface area contributed by atoms with E-state index in [1.807, 2.05) is 42.0 Å². The monoisotopic (exact) mass is 533 g/mol. The molecule has 3 aromatic carbocycles. The van der Waals surface area contributed by atoms with Crippen LogP contribution in [0.15, 0.2) is 72.6 Å². The van der Waals surface area contributed by atoms with Gasteiger partial charge < -0.3 is 14.6 Å². The number of aryl methyl sites for hydroxylation is 1. The Hall–Kier alpha value is -3.68. The van der Waals surface area contributed by atoms with E-state index in [1.165, 1.54) is 11.0 Å². The highest BCUT2D eigenvalue weighted by atomic mass is 35.5. The van der Waals surface area contributed by atoms with Crippen LogP contribution in [-0.4, -0.2) is 22.2 Å². The van der Waals surface area contributed by atoms with Crippen LogP contribution in [0.3, 0.4) is 0 Å². The molecule has 5 rings (SSSR count). The number of benzene rings is 3. The van der Waals surface area contributed by atoms with Gasteiger partial charge in [0.05, 0.1) is 24.4 Å². The van der Waals surface area contributed by atoms with E-state index in [9.17, 15) is 9.18 Å². The van der Waals surface area contributed by atoms with Crippen LogP contribution in [0.1, 0.15) is 30.5 Å². The maximum absolute atomic E-state index is 14.6. The lowest BCUT2D eigenvalue weighted by Gasteiger charge is -2.14. The van der Waals surface area contributed by atoms with Gasteiger partial charge in [0, 0.05) is 27.7 Å². The van der Waals surface area contributed by atoms with Gasteiger partial charge in [-0.05, 0) is 73.6 Å². The van der Waals surface area contributed by atoms with Crippen LogP contribution in [0.5, 0.6) is 5.75 Å². The third kappa shape index (κ3) is 4.72. The number of hydrogen-bond donors (Lipinski definition) is 1. The van der Waals surface area contributed by atoms with Gasteiger partial charge in [-0.25, -0.2) is 4.39 Å². The summed E-state index contributed by atoms with van der Waals surface area (Å²) in [6.07, 6.45) is 4.52. The van der Waals surface area contributed by atoms with Crippen molar-refractivity contribution in [1.82, 2.24) is 9.88 Å². The fourth-order valence-corrected chi connectivity index (χ4v) is 5.15. The number of para-hydroxylation sites is 1. The molecule has 1 saturated heterocycles. The Bertz CT molecular complexity index is 1520. The molecule has 0 atom stereocenters. The first-order valence-electron chi connectivity index (χ1n) is 12.0. The first kappa shape index (κ1) is 25.0. The van der Waals surface area contributed by atoms with Crippen molar-refractivity contribution in [3.63, 3.8) is 0 Å². The molecule has 8 heteroatoms. The van der Waals surface area contributed by atoms with Crippen LogP contribution in [0.4, 0.5) is 10.1 Å². The van der Waals surface area contributed by atoms with Gasteiger partial charge in [-0.15, -0.1) is 0 Å². The van der Waals surface area contributed by atoms with Gasteiger partial charge in [0.25, 0.3) is 5.91 Å². The lowest BCUT2D eigenvalue weighted by atomic mass is 10.1. The van der Waals surface area contributed by atoms with E-state index < -0.39 is 0 Å². The van der Waals surface area contributed by atoms with Crippen molar-refractivity contribution >= 4 is 57.5 Å². The molecular formula is C29H25ClFN3O2S. The Morgan fingerprint density at radius 2 is 1.84 bits per heavy atom. The molecule has 4 aromatic rings. The third-order valence-corrected chi connectivity index (χ3v) is 7.01. The summed E-state index contributed by atoms with van der Waals surface area (Å²) in [6, 6.07) is 18.0. The third-order valence-electron chi connectivity index (χ3n) is 6.37. The molecule has 1 fully saturated rings. The fourth-order valence-electron chi connectivity index (χ4n) is 4.63. The molecule has 1 aromatic heterocycles. The van der Waals surface area contributed by atoms with Gasteiger partial charge in [0.2, 0.25) is 0 Å². The molecule has 1 N–H and O–H groups in total. The molecule has 0 unspecified atom stereocenters. The van der Waals surface area contributed by atoms with Gasteiger partial charge in [-0.1, -0.05) is 42.8 Å². The van der Waals surface area contributed by atoms with Crippen molar-refractivity contribution in [3.05, 3.63) is 100 Å². The number of amides is 1. The number of rotatable bonds is 7. The van der Waals surface area contributed by atoms with Crippen LogP contribution < -0.4 is 15.0 Å². The summed E-state index contributed by atoms with van der Waals surface area (Å²) in [4.78, 5) is 14.8. The average molecular weight is 534 g/mol. The molecule has 0 spiro atoms. The standard InChI is InChI=1S/C29H25ClFN3O2S/c1-3-18-7-5-8-22-19(16-33(27(18)22)17-23-24(30)9-6-10-25(23)31)15-26-28(35)34(29(37)32-26)20-11-13-21(14-12-20)36-4-2/h5-16H,3-4,17H2,1-2H3,(H,32,37)/b26-15-. The van der Waals surface area contributed by atoms with E-state index >= 15 is 0 Å². The van der Waals surface area contributed by atoms with Crippen molar-refractivity contribution in [3.8, 4) is 5.75 Å². The average Bonchev–Trinajstić information content (AvgIpc) is 3.38. The zero-order valence-electron chi connectivity index (χ0n) is 20.4. The molecule has 37 heavy (non-hydrogen) atoms. The molecule has 0 saturated carbocycles. The van der Waals surface area contributed by atoms with Gasteiger partial charge >= 0.3 is 0 Å². The predicted octanol–water partition coefficient (Wildman–Crippen LogP) is 6.71. The molecule has 2 heterocycles. The summed E-state index contributed by atoms with van der Waals surface area (Å²) >= 11 is 11.8. The summed E-state index contributed by atoms with van der Waals surface area (Å²) in [6.45, 7) is 4.82. The number of ether oxygens (including phenoxy) is 1. The van der Waals surface area contributed by atoms with Gasteiger partial charge in [0.15, 0.2) is 5.11 Å². The molecule has 1 aliphatic heterocycles. The number of nitrogens with zero attached hydrogens (tertiary/aromatic N) is 2. The Balaban J connectivity index is 1.54. The smallest absolute Gasteiger partial charge is 0.281 e. The molecule has 0 bridgehead atoms. The second kappa shape index (κ2) is 10.4. The summed E-state index contributed by atoms with van der Waals surface area (Å²) in [7, 11) is 0. The van der Waals surface area contributed by atoms with Crippen LogP contribution in [0, 0.1) is 5.82 Å².